The van der Waals surface area contributed by atoms with Crippen molar-refractivity contribution in [2.24, 2.45) is 0 Å². The fourth-order valence-electron chi connectivity index (χ4n) is 1.06. The Balaban J connectivity index is 0.00000225. The zero-order valence-electron chi connectivity index (χ0n) is 8.45. The second-order valence-corrected chi connectivity index (χ2v) is 3.00. The van der Waals surface area contributed by atoms with E-state index in [9.17, 15) is 26.1 Å². The van der Waals surface area contributed by atoms with Crippen molar-refractivity contribution in [1.82, 2.24) is 4.98 Å². The second-order valence-electron chi connectivity index (χ2n) is 3.00. The zero-order chi connectivity index (χ0) is 11.9. The molecule has 84 valence electrons. The van der Waals surface area contributed by atoms with E-state index in [2.05, 4.69) is 4.98 Å². The third-order valence-electron chi connectivity index (χ3n) is 1.79. The standard InChI is InChI=1S/C7H5BF6N.K/c1-4-2-6(7(9,10)11)15-3-5(4)8(12,13)14;/h2-3H,1H3;/q-1;+1. The Morgan fingerprint density at radius 2 is 1.69 bits per heavy atom. The average molecular weight is 267 g/mol. The third-order valence-corrected chi connectivity index (χ3v) is 1.79. The molecule has 0 aromatic carbocycles. The smallest absolute Gasteiger partial charge is 0.445 e. The van der Waals surface area contributed by atoms with Gasteiger partial charge >= 0.3 is 64.5 Å². The van der Waals surface area contributed by atoms with Crippen LogP contribution in [0, 0.1) is 6.92 Å². The van der Waals surface area contributed by atoms with Crippen LogP contribution >= 0.6 is 0 Å². The molecule has 0 spiro atoms. The van der Waals surface area contributed by atoms with Crippen LogP contribution in [-0.2, 0) is 6.18 Å². The molecule has 0 radical (unpaired) electrons. The van der Waals surface area contributed by atoms with Gasteiger partial charge in [0.15, 0.2) is 0 Å². The molecule has 1 nitrogen and oxygen atoms in total. The van der Waals surface area contributed by atoms with E-state index in [1.807, 2.05) is 0 Å². The van der Waals surface area contributed by atoms with Crippen molar-refractivity contribution >= 4 is 12.4 Å². The van der Waals surface area contributed by atoms with Crippen LogP contribution in [0.1, 0.15) is 11.3 Å². The summed E-state index contributed by atoms with van der Waals surface area (Å²) < 4.78 is 72.8. The van der Waals surface area contributed by atoms with Gasteiger partial charge in [0, 0.05) is 6.20 Å². The average Bonchev–Trinajstić information content (AvgIpc) is 1.99. The van der Waals surface area contributed by atoms with Crippen molar-refractivity contribution in [3.05, 3.63) is 23.5 Å². The molecule has 0 unspecified atom stereocenters. The summed E-state index contributed by atoms with van der Waals surface area (Å²) in [5.74, 6) is 0. The molecule has 9 heteroatoms. The normalized spacial score (nSPS) is 12.2. The fraction of sp³-hybridized carbons (Fsp3) is 0.286. The summed E-state index contributed by atoms with van der Waals surface area (Å²) in [6, 6.07) is 0.393. The summed E-state index contributed by atoms with van der Waals surface area (Å²) in [5.41, 5.74) is -2.88. The fourth-order valence-corrected chi connectivity index (χ4v) is 1.06. The van der Waals surface area contributed by atoms with E-state index in [0.717, 1.165) is 6.92 Å². The molecule has 16 heavy (non-hydrogen) atoms. The van der Waals surface area contributed by atoms with E-state index >= 15 is 0 Å². The minimum absolute atomic E-state index is 0. The van der Waals surface area contributed by atoms with Crippen molar-refractivity contribution in [1.29, 1.82) is 0 Å². The molecular weight excluding hydrogens is 262 g/mol. The molecule has 0 bridgehead atoms. The van der Waals surface area contributed by atoms with Crippen LogP contribution in [0.3, 0.4) is 0 Å². The molecule has 0 saturated heterocycles. The number of hydrogen-bond donors (Lipinski definition) is 0. The van der Waals surface area contributed by atoms with Crippen molar-refractivity contribution < 1.29 is 77.5 Å². The number of pyridine rings is 1. The second kappa shape index (κ2) is 5.38. The van der Waals surface area contributed by atoms with E-state index in [-0.39, 0.29) is 57.6 Å². The first kappa shape index (κ1) is 16.4. The van der Waals surface area contributed by atoms with Crippen LogP contribution in [0.4, 0.5) is 26.1 Å². The van der Waals surface area contributed by atoms with Gasteiger partial charge in [-0.3, -0.25) is 4.98 Å². The largest absolute Gasteiger partial charge is 1.00 e. The van der Waals surface area contributed by atoms with E-state index in [1.165, 1.54) is 0 Å². The summed E-state index contributed by atoms with van der Waals surface area (Å²) >= 11 is 0. The Kier molecular flexibility index (Phi) is 5.53. The Morgan fingerprint density at radius 1 is 1.19 bits per heavy atom. The quantitative estimate of drug-likeness (QED) is 0.492. The maximum atomic E-state index is 12.2. The first-order valence-electron chi connectivity index (χ1n) is 3.86. The number of hydrogen-bond acceptors (Lipinski definition) is 1. The molecule has 0 amide bonds. The number of halogens is 6. The van der Waals surface area contributed by atoms with E-state index in [4.69, 9.17) is 0 Å². The summed E-state index contributed by atoms with van der Waals surface area (Å²) in [5, 5.41) is 0. The molecular formula is C7H5BF6KN. The van der Waals surface area contributed by atoms with Crippen molar-refractivity contribution in [2.75, 3.05) is 0 Å². The van der Waals surface area contributed by atoms with Crippen molar-refractivity contribution in [3.8, 4) is 0 Å². The minimum atomic E-state index is -5.31. The summed E-state index contributed by atoms with van der Waals surface area (Å²) in [6.45, 7) is -4.34. The number of alkyl halides is 3. The van der Waals surface area contributed by atoms with Gasteiger partial charge in [0.05, 0.1) is 0 Å². The molecule has 1 heterocycles. The molecule has 0 fully saturated rings. The molecule has 1 aromatic rings. The molecule has 0 aliphatic rings. The molecule has 0 atom stereocenters. The number of nitrogens with zero attached hydrogens (tertiary/aromatic N) is 1. The number of aromatic nitrogens is 1. The maximum Gasteiger partial charge on any atom is 1.00 e. The number of rotatable bonds is 1. The van der Waals surface area contributed by atoms with Gasteiger partial charge in [-0.1, -0.05) is 11.0 Å². The Bertz CT molecular complexity index is 374. The van der Waals surface area contributed by atoms with E-state index < -0.39 is 29.9 Å². The molecule has 0 aliphatic carbocycles. The molecule has 1 rings (SSSR count). The molecule has 1 aromatic heterocycles. The van der Waals surface area contributed by atoms with Gasteiger partial charge in [-0.05, 0) is 13.0 Å². The van der Waals surface area contributed by atoms with Crippen LogP contribution < -0.4 is 56.8 Å². The Hall–Kier alpha value is 0.431. The van der Waals surface area contributed by atoms with Gasteiger partial charge in [0.25, 0.3) is 0 Å². The van der Waals surface area contributed by atoms with Crippen molar-refractivity contribution in [2.45, 2.75) is 13.1 Å². The molecule has 0 aliphatic heterocycles. The van der Waals surface area contributed by atoms with E-state index in [0.29, 0.717) is 6.07 Å². The Morgan fingerprint density at radius 3 is 2.00 bits per heavy atom. The third kappa shape index (κ3) is 4.03. The monoisotopic (exact) mass is 267 g/mol. The summed E-state index contributed by atoms with van der Waals surface area (Å²) in [4.78, 5) is 2.75. The van der Waals surface area contributed by atoms with Crippen LogP contribution in [0.25, 0.3) is 0 Å². The van der Waals surface area contributed by atoms with Gasteiger partial charge < -0.3 is 12.9 Å². The van der Waals surface area contributed by atoms with Crippen LogP contribution in [0.2, 0.25) is 0 Å². The zero-order valence-corrected chi connectivity index (χ0v) is 11.6. The van der Waals surface area contributed by atoms with Crippen LogP contribution in [0.15, 0.2) is 12.3 Å². The van der Waals surface area contributed by atoms with E-state index in [1.54, 1.807) is 0 Å². The first-order chi connectivity index (χ1) is 6.62. The molecule has 0 saturated carbocycles. The van der Waals surface area contributed by atoms with Crippen LogP contribution in [0.5, 0.6) is 0 Å². The number of aryl methyl sites for hydroxylation is 1. The molecule has 0 N–H and O–H groups in total. The van der Waals surface area contributed by atoms with Crippen molar-refractivity contribution in [3.63, 3.8) is 0 Å². The Labute approximate surface area is 130 Å². The minimum Gasteiger partial charge on any atom is -0.445 e. The van der Waals surface area contributed by atoms with Gasteiger partial charge in [0.1, 0.15) is 5.69 Å². The van der Waals surface area contributed by atoms with Crippen LogP contribution in [-0.4, -0.2) is 12.0 Å². The maximum absolute atomic E-state index is 12.2. The topological polar surface area (TPSA) is 12.9 Å². The van der Waals surface area contributed by atoms with Gasteiger partial charge in [-0.15, -0.1) is 0 Å². The summed E-state index contributed by atoms with van der Waals surface area (Å²) in [7, 11) is 0. The van der Waals surface area contributed by atoms with Gasteiger partial charge in [-0.2, -0.15) is 13.2 Å². The van der Waals surface area contributed by atoms with Gasteiger partial charge in [0.2, 0.25) is 0 Å². The predicted molar refractivity (Wildman–Crippen MR) is 42.7 cm³/mol. The van der Waals surface area contributed by atoms with Gasteiger partial charge in [-0.25, -0.2) is 0 Å². The first-order valence-corrected chi connectivity index (χ1v) is 3.86. The predicted octanol–water partition coefficient (Wildman–Crippen LogP) is -0.533. The summed E-state index contributed by atoms with van der Waals surface area (Å²) in [6.07, 6.45) is -4.50. The SMILES string of the molecule is Cc1cc(C(F)(F)F)ncc1[B-](F)(F)F.[K+].